The number of benzene rings is 1. The number of nitro groups is 1. The largest absolute Gasteiger partial charge is 0.465 e. The van der Waals surface area contributed by atoms with Crippen LogP contribution in [0.3, 0.4) is 0 Å². The Kier molecular flexibility index (Phi) is 5.76. The summed E-state index contributed by atoms with van der Waals surface area (Å²) >= 11 is 0. The summed E-state index contributed by atoms with van der Waals surface area (Å²) < 4.78 is 9.68. The fourth-order valence-corrected chi connectivity index (χ4v) is 2.71. The number of esters is 2. The number of rotatable bonds is 6. The lowest BCUT2D eigenvalue weighted by Gasteiger charge is -2.07. The predicted octanol–water partition coefficient (Wildman–Crippen LogP) is 3.36. The van der Waals surface area contributed by atoms with E-state index in [4.69, 9.17) is 9.47 Å². The second-order valence-electron chi connectivity index (χ2n) is 6.11. The van der Waals surface area contributed by atoms with Crippen molar-refractivity contribution < 1.29 is 24.0 Å². The van der Waals surface area contributed by atoms with Crippen LogP contribution < -0.4 is 0 Å². The summed E-state index contributed by atoms with van der Waals surface area (Å²) in [6, 6.07) is 5.68. The number of non-ortho nitro benzene ring substituents is 1. The average Bonchev–Trinajstić information content (AvgIpc) is 2.98. The molecule has 26 heavy (non-hydrogen) atoms. The van der Waals surface area contributed by atoms with E-state index in [0.29, 0.717) is 23.4 Å². The summed E-state index contributed by atoms with van der Waals surface area (Å²) in [6.45, 7) is 3.95. The van der Waals surface area contributed by atoms with Gasteiger partial charge >= 0.3 is 11.9 Å². The van der Waals surface area contributed by atoms with Crippen molar-refractivity contribution >= 4 is 17.6 Å². The first-order valence-electron chi connectivity index (χ1n) is 7.96. The highest BCUT2D eigenvalue weighted by Gasteiger charge is 2.30. The molecule has 0 saturated carbocycles. The Labute approximate surface area is 150 Å². The number of nitrogens with zero attached hydrogens (tertiary/aromatic N) is 1. The van der Waals surface area contributed by atoms with Crippen molar-refractivity contribution in [3.05, 3.63) is 51.2 Å². The fourth-order valence-electron chi connectivity index (χ4n) is 2.71. The summed E-state index contributed by atoms with van der Waals surface area (Å²) in [4.78, 5) is 38.1. The average molecular weight is 360 g/mol. The molecule has 0 amide bonds. The molecular formula is C18H20N2O6. The van der Waals surface area contributed by atoms with Crippen LogP contribution in [-0.2, 0) is 15.9 Å². The van der Waals surface area contributed by atoms with Crippen molar-refractivity contribution in [2.45, 2.75) is 20.3 Å². The summed E-state index contributed by atoms with van der Waals surface area (Å²) in [5.41, 5.74) is 1.56. The van der Waals surface area contributed by atoms with Crippen LogP contribution >= 0.6 is 0 Å². The first-order chi connectivity index (χ1) is 12.3. The van der Waals surface area contributed by atoms with Crippen LogP contribution in [0.1, 0.15) is 40.3 Å². The maximum atomic E-state index is 12.4. The van der Waals surface area contributed by atoms with Crippen molar-refractivity contribution in [3.8, 4) is 11.3 Å². The number of nitro benzene ring substituents is 1. The number of H-pyrrole nitrogens is 1. The molecule has 0 aliphatic carbocycles. The third-order valence-electron chi connectivity index (χ3n) is 3.84. The van der Waals surface area contributed by atoms with Crippen LogP contribution in [0.4, 0.5) is 5.69 Å². The first kappa shape index (κ1) is 19.2. The zero-order valence-corrected chi connectivity index (χ0v) is 15.0. The van der Waals surface area contributed by atoms with Gasteiger partial charge in [0.15, 0.2) is 0 Å². The van der Waals surface area contributed by atoms with Gasteiger partial charge in [-0.1, -0.05) is 13.8 Å². The Morgan fingerprint density at radius 3 is 2.08 bits per heavy atom. The van der Waals surface area contributed by atoms with E-state index >= 15 is 0 Å². The highest BCUT2D eigenvalue weighted by Crippen LogP contribution is 2.32. The van der Waals surface area contributed by atoms with E-state index in [-0.39, 0.29) is 22.7 Å². The van der Waals surface area contributed by atoms with Gasteiger partial charge in [-0.2, -0.15) is 0 Å². The Hall–Kier alpha value is -3.16. The molecule has 0 fully saturated rings. The summed E-state index contributed by atoms with van der Waals surface area (Å²) in [5.74, 6) is -1.12. The minimum Gasteiger partial charge on any atom is -0.465 e. The number of carbonyl (C=O) groups is 2. The van der Waals surface area contributed by atoms with Crippen molar-refractivity contribution in [1.82, 2.24) is 4.98 Å². The second kappa shape index (κ2) is 7.81. The van der Waals surface area contributed by atoms with Crippen molar-refractivity contribution in [2.24, 2.45) is 5.92 Å². The Bertz CT molecular complexity index is 836. The highest BCUT2D eigenvalue weighted by molar-refractivity contribution is 6.08. The lowest BCUT2D eigenvalue weighted by atomic mass is 10.0. The molecule has 8 nitrogen and oxygen atoms in total. The number of hydrogen-bond donors (Lipinski definition) is 1. The summed E-state index contributed by atoms with van der Waals surface area (Å²) in [7, 11) is 2.46. The minimum atomic E-state index is -0.690. The van der Waals surface area contributed by atoms with Crippen molar-refractivity contribution in [3.63, 3.8) is 0 Å². The number of methoxy groups -OCH3 is 2. The van der Waals surface area contributed by atoms with E-state index in [9.17, 15) is 19.7 Å². The van der Waals surface area contributed by atoms with Gasteiger partial charge in [0.1, 0.15) is 0 Å². The van der Waals surface area contributed by atoms with Crippen molar-refractivity contribution in [1.29, 1.82) is 0 Å². The molecule has 1 heterocycles. The standard InChI is InChI=1S/C18H20N2O6/c1-10(2)9-13-14(17(21)25-3)15(18(22)26-4)16(19-13)11-5-7-12(8-6-11)20(23)24/h5-8,10,19H,9H2,1-4H3. The van der Waals surface area contributed by atoms with Crippen molar-refractivity contribution in [2.75, 3.05) is 14.2 Å². The molecule has 0 aliphatic heterocycles. The van der Waals surface area contributed by atoms with Gasteiger partial charge in [0.2, 0.25) is 0 Å². The first-order valence-corrected chi connectivity index (χ1v) is 7.96. The number of carbonyl (C=O) groups excluding carboxylic acids is 2. The molecule has 1 aromatic heterocycles. The number of nitrogens with one attached hydrogen (secondary N) is 1. The second-order valence-corrected chi connectivity index (χ2v) is 6.11. The van der Waals surface area contributed by atoms with Gasteiger partial charge in [0, 0.05) is 17.8 Å². The molecule has 1 aromatic carbocycles. The molecule has 0 unspecified atom stereocenters. The summed E-state index contributed by atoms with van der Waals surface area (Å²) in [5, 5.41) is 10.8. The molecule has 0 saturated heterocycles. The highest BCUT2D eigenvalue weighted by atomic mass is 16.6. The van der Waals surface area contributed by atoms with Gasteiger partial charge < -0.3 is 14.5 Å². The topological polar surface area (TPSA) is 112 Å². The smallest absolute Gasteiger partial charge is 0.340 e. The van der Waals surface area contributed by atoms with E-state index in [1.54, 1.807) is 0 Å². The van der Waals surface area contributed by atoms with E-state index in [0.717, 1.165) is 0 Å². The lowest BCUT2D eigenvalue weighted by Crippen LogP contribution is -2.12. The molecule has 0 aliphatic rings. The fraction of sp³-hybridized carbons (Fsp3) is 0.333. The van der Waals surface area contributed by atoms with E-state index in [1.807, 2.05) is 13.8 Å². The Morgan fingerprint density at radius 2 is 1.62 bits per heavy atom. The maximum Gasteiger partial charge on any atom is 0.340 e. The molecule has 1 N–H and O–H groups in total. The van der Waals surface area contributed by atoms with Crippen LogP contribution in [0.25, 0.3) is 11.3 Å². The van der Waals surface area contributed by atoms with E-state index in [1.165, 1.54) is 38.5 Å². The Balaban J connectivity index is 2.70. The van der Waals surface area contributed by atoms with E-state index < -0.39 is 16.9 Å². The number of aromatic nitrogens is 1. The molecule has 8 heteroatoms. The minimum absolute atomic E-state index is 0.0591. The van der Waals surface area contributed by atoms with E-state index in [2.05, 4.69) is 4.98 Å². The lowest BCUT2D eigenvalue weighted by molar-refractivity contribution is -0.384. The zero-order valence-electron chi connectivity index (χ0n) is 15.0. The van der Waals surface area contributed by atoms with Gasteiger partial charge in [0.25, 0.3) is 5.69 Å². The van der Waals surface area contributed by atoms with Crippen LogP contribution in [0.15, 0.2) is 24.3 Å². The third-order valence-corrected chi connectivity index (χ3v) is 3.84. The number of hydrogen-bond acceptors (Lipinski definition) is 6. The molecule has 138 valence electrons. The molecule has 0 bridgehead atoms. The zero-order chi connectivity index (χ0) is 19.4. The van der Waals surface area contributed by atoms with Crippen LogP contribution in [-0.4, -0.2) is 36.1 Å². The van der Waals surface area contributed by atoms with Gasteiger partial charge in [-0.15, -0.1) is 0 Å². The monoisotopic (exact) mass is 360 g/mol. The molecule has 2 rings (SSSR count). The molecule has 0 atom stereocenters. The Morgan fingerprint density at radius 1 is 1.08 bits per heavy atom. The van der Waals surface area contributed by atoms with Gasteiger partial charge in [0.05, 0.1) is 36.0 Å². The molecule has 0 spiro atoms. The van der Waals surface area contributed by atoms with Crippen LogP contribution in [0.2, 0.25) is 0 Å². The van der Waals surface area contributed by atoms with Crippen LogP contribution in [0.5, 0.6) is 0 Å². The SMILES string of the molecule is COC(=O)c1c(CC(C)C)[nH]c(-c2ccc([N+](=O)[O-])cc2)c1C(=O)OC. The molecular weight excluding hydrogens is 340 g/mol. The third kappa shape index (κ3) is 3.74. The van der Waals surface area contributed by atoms with Gasteiger partial charge in [-0.05, 0) is 30.0 Å². The van der Waals surface area contributed by atoms with Gasteiger partial charge in [-0.25, -0.2) is 9.59 Å². The number of ether oxygens (including phenoxy) is 2. The predicted molar refractivity (Wildman–Crippen MR) is 94.1 cm³/mol. The van der Waals surface area contributed by atoms with Crippen LogP contribution in [0, 0.1) is 16.0 Å². The normalized spacial score (nSPS) is 10.7. The quantitative estimate of drug-likeness (QED) is 0.480. The summed E-state index contributed by atoms with van der Waals surface area (Å²) in [6.07, 6.45) is 0.515. The number of aromatic amines is 1. The molecule has 2 aromatic rings. The maximum absolute atomic E-state index is 12.4. The molecule has 0 radical (unpaired) electrons. The van der Waals surface area contributed by atoms with Gasteiger partial charge in [-0.3, -0.25) is 10.1 Å².